The molecule has 104 valence electrons. The fraction of sp³-hybridized carbons (Fsp3) is 0.133. The molecule has 0 N–H and O–H groups in total. The van der Waals surface area contributed by atoms with Crippen molar-refractivity contribution in [3.8, 4) is 5.75 Å². The van der Waals surface area contributed by atoms with Gasteiger partial charge in [0.2, 0.25) is 5.52 Å². The van der Waals surface area contributed by atoms with E-state index >= 15 is 0 Å². The average molecular weight is 309 g/mol. The third-order valence-electron chi connectivity index (χ3n) is 3.04. The molecule has 0 aliphatic heterocycles. The first-order valence-electron chi connectivity index (χ1n) is 5.99. The Hall–Kier alpha value is -1.57. The quantitative estimate of drug-likeness (QED) is 0.807. The van der Waals surface area contributed by atoms with Crippen LogP contribution >= 0.6 is 18.7 Å². The van der Waals surface area contributed by atoms with Crippen molar-refractivity contribution in [1.29, 1.82) is 0 Å². The molecular formula is C15H14ClO3P. The predicted octanol–water partition coefficient (Wildman–Crippen LogP) is 3.81. The van der Waals surface area contributed by atoms with Gasteiger partial charge >= 0.3 is 0 Å². The summed E-state index contributed by atoms with van der Waals surface area (Å²) in [5, 5.41) is 0.846. The Morgan fingerprint density at radius 3 is 2.35 bits per heavy atom. The lowest BCUT2D eigenvalue weighted by atomic mass is 10.2. The first kappa shape index (κ1) is 14.8. The topological polar surface area (TPSA) is 43.4 Å². The molecule has 0 bridgehead atoms. The number of hydrogen-bond acceptors (Lipinski definition) is 3. The Morgan fingerprint density at radius 1 is 1.10 bits per heavy atom. The van der Waals surface area contributed by atoms with Gasteiger partial charge in [-0.05, 0) is 12.1 Å². The van der Waals surface area contributed by atoms with Crippen LogP contribution in [0.5, 0.6) is 5.75 Å². The molecule has 0 aliphatic carbocycles. The number of para-hydroxylation sites is 1. The maximum absolute atomic E-state index is 12.8. The number of ether oxygens (including phenoxy) is 1. The second-order valence-corrected chi connectivity index (χ2v) is 7.56. The number of carbonyl (C=O) groups excluding carboxylic acids is 1. The summed E-state index contributed by atoms with van der Waals surface area (Å²) in [6, 6.07) is 13.6. The molecule has 0 aliphatic rings. The summed E-state index contributed by atoms with van der Waals surface area (Å²) in [5.41, 5.74) is -0.210. The highest BCUT2D eigenvalue weighted by Gasteiger charge is 2.31. The number of methoxy groups -OCH3 is 1. The molecule has 0 saturated carbocycles. The molecule has 2 aromatic carbocycles. The van der Waals surface area contributed by atoms with Crippen LogP contribution in [-0.2, 0) is 4.57 Å². The zero-order valence-corrected chi connectivity index (χ0v) is 12.8. The molecule has 0 heterocycles. The van der Waals surface area contributed by atoms with Gasteiger partial charge in [-0.1, -0.05) is 48.0 Å². The summed E-state index contributed by atoms with van der Waals surface area (Å²) < 4.78 is 18.0. The third kappa shape index (κ3) is 2.65. The van der Waals surface area contributed by atoms with Crippen LogP contribution in [-0.4, -0.2) is 19.3 Å². The van der Waals surface area contributed by atoms with Gasteiger partial charge in [-0.25, -0.2) is 0 Å². The maximum Gasteiger partial charge on any atom is 0.229 e. The van der Waals surface area contributed by atoms with E-state index in [0.29, 0.717) is 10.3 Å². The van der Waals surface area contributed by atoms with E-state index in [1.54, 1.807) is 42.5 Å². The molecule has 3 nitrogen and oxygen atoms in total. The molecule has 2 rings (SSSR count). The summed E-state index contributed by atoms with van der Waals surface area (Å²) >= 11 is 6.00. The molecule has 0 spiro atoms. The van der Waals surface area contributed by atoms with Gasteiger partial charge in [0.05, 0.1) is 17.7 Å². The van der Waals surface area contributed by atoms with E-state index in [4.69, 9.17) is 16.3 Å². The Labute approximate surface area is 122 Å². The highest BCUT2D eigenvalue weighted by molar-refractivity contribution is 7.86. The van der Waals surface area contributed by atoms with Gasteiger partial charge in [-0.3, -0.25) is 4.79 Å². The first-order chi connectivity index (χ1) is 9.48. The molecule has 5 heteroatoms. The molecule has 0 radical (unpaired) electrons. The Balaban J connectivity index is 2.52. The van der Waals surface area contributed by atoms with Crippen LogP contribution in [0.15, 0.2) is 48.5 Å². The fourth-order valence-electron chi connectivity index (χ4n) is 1.94. The van der Waals surface area contributed by atoms with Crippen molar-refractivity contribution < 1.29 is 14.1 Å². The van der Waals surface area contributed by atoms with Crippen LogP contribution in [0.2, 0.25) is 5.02 Å². The molecule has 1 unspecified atom stereocenters. The molecule has 0 amide bonds. The number of carbonyl (C=O) groups is 1. The molecule has 0 aromatic heterocycles. The van der Waals surface area contributed by atoms with E-state index in [-0.39, 0.29) is 11.3 Å². The molecule has 1 atom stereocenters. The zero-order chi connectivity index (χ0) is 14.8. The van der Waals surface area contributed by atoms with E-state index < -0.39 is 12.7 Å². The van der Waals surface area contributed by atoms with E-state index in [0.717, 1.165) is 0 Å². The van der Waals surface area contributed by atoms with Crippen molar-refractivity contribution in [1.82, 2.24) is 0 Å². The average Bonchev–Trinajstić information content (AvgIpc) is 2.47. The van der Waals surface area contributed by atoms with Gasteiger partial charge in [-0.15, -0.1) is 0 Å². The zero-order valence-electron chi connectivity index (χ0n) is 11.2. The Morgan fingerprint density at radius 2 is 1.75 bits per heavy atom. The van der Waals surface area contributed by atoms with Crippen molar-refractivity contribution in [3.05, 3.63) is 59.1 Å². The summed E-state index contributed by atoms with van der Waals surface area (Å²) in [4.78, 5) is 12.6. The lowest BCUT2D eigenvalue weighted by Crippen LogP contribution is -2.13. The van der Waals surface area contributed by atoms with Crippen LogP contribution in [0.25, 0.3) is 0 Å². The number of benzene rings is 2. The van der Waals surface area contributed by atoms with E-state index in [1.807, 2.05) is 6.07 Å². The largest absolute Gasteiger partial charge is 0.494 e. The Bertz CT molecular complexity index is 683. The van der Waals surface area contributed by atoms with Crippen molar-refractivity contribution >= 4 is 29.6 Å². The summed E-state index contributed by atoms with van der Waals surface area (Å²) in [6.45, 7) is 1.46. The smallest absolute Gasteiger partial charge is 0.229 e. The van der Waals surface area contributed by atoms with E-state index in [9.17, 15) is 9.36 Å². The minimum absolute atomic E-state index is 0.245. The van der Waals surface area contributed by atoms with E-state index in [2.05, 4.69) is 0 Å². The highest BCUT2D eigenvalue weighted by atomic mass is 35.5. The van der Waals surface area contributed by atoms with Gasteiger partial charge in [0.25, 0.3) is 0 Å². The third-order valence-corrected chi connectivity index (χ3v) is 5.64. The summed E-state index contributed by atoms with van der Waals surface area (Å²) in [5.74, 6) is 0.261. The van der Waals surface area contributed by atoms with Crippen LogP contribution in [0.1, 0.15) is 10.4 Å². The van der Waals surface area contributed by atoms with E-state index in [1.165, 1.54) is 13.8 Å². The van der Waals surface area contributed by atoms with Crippen LogP contribution in [0, 0.1) is 0 Å². The van der Waals surface area contributed by atoms with Gasteiger partial charge in [0.1, 0.15) is 5.75 Å². The van der Waals surface area contributed by atoms with Crippen LogP contribution in [0.3, 0.4) is 0 Å². The molecule has 2 aromatic rings. The standard InChI is InChI=1S/C15H14ClO3P/c1-19-14-12(9-6-10-13(14)16)15(17)20(2,18)11-7-4-3-5-8-11/h3-10H,1-2H3. The van der Waals surface area contributed by atoms with Gasteiger partial charge in [0.15, 0.2) is 7.14 Å². The lowest BCUT2D eigenvalue weighted by Gasteiger charge is -2.15. The normalized spacial score (nSPS) is 13.6. The van der Waals surface area contributed by atoms with Crippen LogP contribution < -0.4 is 10.0 Å². The van der Waals surface area contributed by atoms with Gasteiger partial charge in [0, 0.05) is 12.0 Å². The first-order valence-corrected chi connectivity index (χ1v) is 8.52. The summed E-state index contributed by atoms with van der Waals surface area (Å²) in [7, 11) is -1.76. The van der Waals surface area contributed by atoms with Crippen molar-refractivity contribution in [2.24, 2.45) is 0 Å². The summed E-state index contributed by atoms with van der Waals surface area (Å²) in [6.07, 6.45) is 0. The Kier molecular flexibility index (Phi) is 4.32. The minimum Gasteiger partial charge on any atom is -0.494 e. The molecule has 0 fully saturated rings. The van der Waals surface area contributed by atoms with Crippen molar-refractivity contribution in [3.63, 3.8) is 0 Å². The van der Waals surface area contributed by atoms with Gasteiger partial charge < -0.3 is 9.30 Å². The second kappa shape index (κ2) is 5.82. The second-order valence-electron chi connectivity index (χ2n) is 4.39. The molecule has 20 heavy (non-hydrogen) atoms. The fourth-order valence-corrected chi connectivity index (χ4v) is 3.81. The highest BCUT2D eigenvalue weighted by Crippen LogP contribution is 2.46. The minimum atomic E-state index is -3.20. The molecule has 0 saturated heterocycles. The van der Waals surface area contributed by atoms with Crippen molar-refractivity contribution in [2.45, 2.75) is 0 Å². The van der Waals surface area contributed by atoms with Gasteiger partial charge in [-0.2, -0.15) is 0 Å². The maximum atomic E-state index is 12.8. The SMILES string of the molecule is COc1c(Cl)cccc1C(=O)P(C)(=O)c1ccccc1. The monoisotopic (exact) mass is 308 g/mol. The molecular weight excluding hydrogens is 295 g/mol. The number of hydrogen-bond donors (Lipinski definition) is 0. The predicted molar refractivity (Wildman–Crippen MR) is 81.9 cm³/mol. The number of halogens is 1. The van der Waals surface area contributed by atoms with Crippen molar-refractivity contribution in [2.75, 3.05) is 13.8 Å². The lowest BCUT2D eigenvalue weighted by molar-refractivity contribution is 0.107. The number of rotatable bonds is 4. The van der Waals surface area contributed by atoms with Crippen LogP contribution in [0.4, 0.5) is 0 Å².